The summed E-state index contributed by atoms with van der Waals surface area (Å²) >= 11 is 0. The summed E-state index contributed by atoms with van der Waals surface area (Å²) in [5, 5.41) is 3.40. The Kier molecular flexibility index (Phi) is 2.35. The fourth-order valence-electron chi connectivity index (χ4n) is 2.12. The molecule has 3 nitrogen and oxygen atoms in total. The van der Waals surface area contributed by atoms with Crippen LogP contribution in [0.5, 0.6) is 0 Å². The molecule has 1 unspecified atom stereocenters. The first kappa shape index (κ1) is 9.71. The maximum absolute atomic E-state index is 4.47. The second-order valence-electron chi connectivity index (χ2n) is 4.45. The van der Waals surface area contributed by atoms with Crippen LogP contribution in [0, 0.1) is 5.41 Å². The SMILES string of the molecule is CCn1ccnc1C(NC)C1(C)CC1. The highest BCUT2D eigenvalue weighted by atomic mass is 15.1. The lowest BCUT2D eigenvalue weighted by atomic mass is 9.98. The van der Waals surface area contributed by atoms with Crippen LogP contribution in [0.2, 0.25) is 0 Å². The van der Waals surface area contributed by atoms with Gasteiger partial charge in [0.1, 0.15) is 5.82 Å². The van der Waals surface area contributed by atoms with Crippen molar-refractivity contribution in [2.75, 3.05) is 7.05 Å². The molecule has 14 heavy (non-hydrogen) atoms. The highest BCUT2D eigenvalue weighted by Gasteiger charge is 2.46. The molecule has 78 valence electrons. The second-order valence-corrected chi connectivity index (χ2v) is 4.45. The molecular formula is C11H19N3. The molecule has 0 amide bonds. The van der Waals surface area contributed by atoms with E-state index in [1.807, 2.05) is 13.2 Å². The second kappa shape index (κ2) is 3.39. The number of hydrogen-bond donors (Lipinski definition) is 1. The van der Waals surface area contributed by atoms with Gasteiger partial charge in [0.15, 0.2) is 0 Å². The predicted octanol–water partition coefficient (Wildman–Crippen LogP) is 1.96. The van der Waals surface area contributed by atoms with E-state index in [1.54, 1.807) is 0 Å². The number of rotatable bonds is 4. The van der Waals surface area contributed by atoms with Gasteiger partial charge < -0.3 is 9.88 Å². The highest BCUT2D eigenvalue weighted by molar-refractivity contribution is 5.10. The lowest BCUT2D eigenvalue weighted by molar-refractivity contribution is 0.362. The van der Waals surface area contributed by atoms with Gasteiger partial charge in [-0.2, -0.15) is 0 Å². The van der Waals surface area contributed by atoms with Gasteiger partial charge in [-0.15, -0.1) is 0 Å². The Morgan fingerprint density at radius 2 is 2.36 bits per heavy atom. The van der Waals surface area contributed by atoms with Crippen molar-refractivity contribution in [1.29, 1.82) is 0 Å². The highest BCUT2D eigenvalue weighted by Crippen LogP contribution is 2.53. The summed E-state index contributed by atoms with van der Waals surface area (Å²) < 4.78 is 2.23. The summed E-state index contributed by atoms with van der Waals surface area (Å²) in [7, 11) is 2.03. The first-order valence-corrected chi connectivity index (χ1v) is 5.39. The molecule has 1 aromatic rings. The predicted molar refractivity (Wildman–Crippen MR) is 57.0 cm³/mol. The molecule has 0 radical (unpaired) electrons. The van der Waals surface area contributed by atoms with Crippen LogP contribution < -0.4 is 5.32 Å². The van der Waals surface area contributed by atoms with E-state index in [1.165, 1.54) is 18.7 Å². The average Bonchev–Trinajstić information content (AvgIpc) is 2.77. The van der Waals surface area contributed by atoms with E-state index in [9.17, 15) is 0 Å². The van der Waals surface area contributed by atoms with Gasteiger partial charge >= 0.3 is 0 Å². The number of aryl methyl sites for hydroxylation is 1. The van der Waals surface area contributed by atoms with Crippen molar-refractivity contribution >= 4 is 0 Å². The lowest BCUT2D eigenvalue weighted by Gasteiger charge is -2.23. The van der Waals surface area contributed by atoms with Crippen LogP contribution in [0.3, 0.4) is 0 Å². The Bertz CT molecular complexity index is 312. The molecule has 0 aromatic carbocycles. The Balaban J connectivity index is 2.27. The van der Waals surface area contributed by atoms with Crippen LogP contribution in [0.25, 0.3) is 0 Å². The lowest BCUT2D eigenvalue weighted by Crippen LogP contribution is -2.27. The van der Waals surface area contributed by atoms with Crippen molar-refractivity contribution in [3.05, 3.63) is 18.2 Å². The van der Waals surface area contributed by atoms with Crippen molar-refractivity contribution in [2.24, 2.45) is 5.41 Å². The van der Waals surface area contributed by atoms with Crippen LogP contribution in [0.15, 0.2) is 12.4 Å². The quantitative estimate of drug-likeness (QED) is 0.792. The van der Waals surface area contributed by atoms with E-state index in [0.717, 1.165) is 6.54 Å². The van der Waals surface area contributed by atoms with Crippen molar-refractivity contribution in [2.45, 2.75) is 39.3 Å². The number of imidazole rings is 1. The molecule has 1 fully saturated rings. The summed E-state index contributed by atoms with van der Waals surface area (Å²) in [5.41, 5.74) is 0.438. The monoisotopic (exact) mass is 193 g/mol. The topological polar surface area (TPSA) is 29.9 Å². The minimum absolute atomic E-state index is 0.414. The molecular weight excluding hydrogens is 174 g/mol. The zero-order valence-corrected chi connectivity index (χ0v) is 9.25. The van der Waals surface area contributed by atoms with Gasteiger partial charge in [-0.05, 0) is 32.2 Å². The minimum atomic E-state index is 0.414. The van der Waals surface area contributed by atoms with E-state index in [0.29, 0.717) is 11.5 Å². The van der Waals surface area contributed by atoms with E-state index < -0.39 is 0 Å². The summed E-state index contributed by atoms with van der Waals surface area (Å²) in [6.45, 7) is 5.50. The number of aromatic nitrogens is 2. The minimum Gasteiger partial charge on any atom is -0.334 e. The molecule has 1 atom stereocenters. The zero-order valence-electron chi connectivity index (χ0n) is 9.25. The molecule has 0 spiro atoms. The van der Waals surface area contributed by atoms with Gasteiger partial charge in [-0.1, -0.05) is 6.92 Å². The van der Waals surface area contributed by atoms with E-state index >= 15 is 0 Å². The first-order chi connectivity index (χ1) is 6.71. The number of nitrogens with one attached hydrogen (secondary N) is 1. The molecule has 0 saturated heterocycles. The Labute approximate surface area is 85.5 Å². The van der Waals surface area contributed by atoms with E-state index in [2.05, 4.69) is 34.9 Å². The maximum Gasteiger partial charge on any atom is 0.126 e. The van der Waals surface area contributed by atoms with Crippen LogP contribution in [0.4, 0.5) is 0 Å². The fourth-order valence-corrected chi connectivity index (χ4v) is 2.12. The summed E-state index contributed by atoms with van der Waals surface area (Å²) in [6.07, 6.45) is 6.59. The Morgan fingerprint density at radius 1 is 1.64 bits per heavy atom. The van der Waals surface area contributed by atoms with E-state index in [-0.39, 0.29) is 0 Å². The van der Waals surface area contributed by atoms with Crippen LogP contribution in [0.1, 0.15) is 38.6 Å². The van der Waals surface area contributed by atoms with Gasteiger partial charge in [-0.3, -0.25) is 0 Å². The Morgan fingerprint density at radius 3 is 2.86 bits per heavy atom. The third-order valence-corrected chi connectivity index (χ3v) is 3.37. The molecule has 1 aliphatic rings. The van der Waals surface area contributed by atoms with Gasteiger partial charge in [-0.25, -0.2) is 4.98 Å². The standard InChI is InChI=1S/C11H19N3/c1-4-14-8-7-13-10(14)9(12-3)11(2)5-6-11/h7-9,12H,4-6H2,1-3H3. The number of nitrogens with zero attached hydrogens (tertiary/aromatic N) is 2. The molecule has 3 heteroatoms. The molecule has 0 bridgehead atoms. The van der Waals surface area contributed by atoms with Gasteiger partial charge in [0.2, 0.25) is 0 Å². The zero-order chi connectivity index (χ0) is 10.2. The molecule has 1 heterocycles. The van der Waals surface area contributed by atoms with Gasteiger partial charge in [0.25, 0.3) is 0 Å². The van der Waals surface area contributed by atoms with Gasteiger partial charge in [0.05, 0.1) is 6.04 Å². The van der Waals surface area contributed by atoms with Crippen LogP contribution in [-0.2, 0) is 6.54 Å². The van der Waals surface area contributed by atoms with Crippen molar-refractivity contribution in [1.82, 2.24) is 14.9 Å². The largest absolute Gasteiger partial charge is 0.334 e. The average molecular weight is 193 g/mol. The van der Waals surface area contributed by atoms with Gasteiger partial charge in [0, 0.05) is 18.9 Å². The smallest absolute Gasteiger partial charge is 0.126 e. The first-order valence-electron chi connectivity index (χ1n) is 5.39. The summed E-state index contributed by atoms with van der Waals surface area (Å²) in [4.78, 5) is 4.47. The molecule has 1 saturated carbocycles. The molecule has 2 rings (SSSR count). The van der Waals surface area contributed by atoms with Crippen LogP contribution >= 0.6 is 0 Å². The number of hydrogen-bond acceptors (Lipinski definition) is 2. The molecule has 0 aliphatic heterocycles. The van der Waals surface area contributed by atoms with Crippen molar-refractivity contribution in [3.63, 3.8) is 0 Å². The summed E-state index contributed by atoms with van der Waals surface area (Å²) in [6, 6.07) is 0.414. The molecule has 1 aromatic heterocycles. The van der Waals surface area contributed by atoms with Crippen molar-refractivity contribution < 1.29 is 0 Å². The fraction of sp³-hybridized carbons (Fsp3) is 0.727. The maximum atomic E-state index is 4.47. The summed E-state index contributed by atoms with van der Waals surface area (Å²) in [5.74, 6) is 1.19. The van der Waals surface area contributed by atoms with E-state index in [4.69, 9.17) is 0 Å². The third-order valence-electron chi connectivity index (χ3n) is 3.37. The molecule has 1 N–H and O–H groups in total. The molecule has 1 aliphatic carbocycles. The normalized spacial score (nSPS) is 20.8. The third kappa shape index (κ3) is 1.46. The van der Waals surface area contributed by atoms with Crippen LogP contribution in [-0.4, -0.2) is 16.6 Å². The Hall–Kier alpha value is -0.830. The van der Waals surface area contributed by atoms with Crippen molar-refractivity contribution in [3.8, 4) is 0 Å².